The van der Waals surface area contributed by atoms with Crippen molar-refractivity contribution in [3.63, 3.8) is 0 Å². The monoisotopic (exact) mass is 362 g/mol. The predicted molar refractivity (Wildman–Crippen MR) is 45.7 cm³/mol. The van der Waals surface area contributed by atoms with E-state index in [4.69, 9.17) is 0 Å². The zero-order valence-electron chi connectivity index (χ0n) is 9.15. The van der Waals surface area contributed by atoms with Crippen molar-refractivity contribution in [1.29, 1.82) is 0 Å². The molecule has 21 heavy (non-hydrogen) atoms. The van der Waals surface area contributed by atoms with Crippen LogP contribution in [0.15, 0.2) is 11.4 Å². The van der Waals surface area contributed by atoms with Crippen LogP contribution >= 0.6 is 11.6 Å². The standard InChI is InChI=1S/C8H3ClF12/c9-2(1-10)3(11)5(13,14)4(12)6(15,16)7(17,18)8(19,20)21/h1,3-4H. The lowest BCUT2D eigenvalue weighted by atomic mass is 9.97. The van der Waals surface area contributed by atoms with Gasteiger partial charge in [0.1, 0.15) is 6.33 Å². The third-order valence-electron chi connectivity index (χ3n) is 2.12. The lowest BCUT2D eigenvalue weighted by Gasteiger charge is -2.34. The first-order chi connectivity index (χ1) is 9.05. The molecule has 126 valence electrons. The fourth-order valence-electron chi connectivity index (χ4n) is 0.957. The molecule has 0 rings (SSSR count). The summed E-state index contributed by atoms with van der Waals surface area (Å²) in [5, 5.41) is -2.20. The van der Waals surface area contributed by atoms with E-state index >= 15 is 0 Å². The highest BCUT2D eigenvalue weighted by molar-refractivity contribution is 6.30. The molecule has 0 nitrogen and oxygen atoms in total. The number of alkyl halides is 11. The number of allylic oxidation sites excluding steroid dienone is 1. The van der Waals surface area contributed by atoms with Crippen molar-refractivity contribution in [2.45, 2.75) is 36.3 Å². The zero-order chi connectivity index (χ0) is 17.4. The zero-order valence-corrected chi connectivity index (χ0v) is 9.90. The Labute approximate surface area is 113 Å². The summed E-state index contributed by atoms with van der Waals surface area (Å²) in [6.45, 7) is 0. The van der Waals surface area contributed by atoms with E-state index in [1.807, 2.05) is 0 Å². The summed E-state index contributed by atoms with van der Waals surface area (Å²) >= 11 is 4.41. The maximum atomic E-state index is 12.8. The Morgan fingerprint density at radius 2 is 1.24 bits per heavy atom. The summed E-state index contributed by atoms with van der Waals surface area (Å²) < 4.78 is 148. The van der Waals surface area contributed by atoms with Gasteiger partial charge in [0.05, 0.1) is 5.03 Å². The van der Waals surface area contributed by atoms with E-state index in [9.17, 15) is 52.7 Å². The van der Waals surface area contributed by atoms with Gasteiger partial charge in [0.15, 0.2) is 0 Å². The van der Waals surface area contributed by atoms with Gasteiger partial charge in [-0.3, -0.25) is 0 Å². The van der Waals surface area contributed by atoms with Gasteiger partial charge in [0, 0.05) is 0 Å². The average molecular weight is 363 g/mol. The molecule has 0 bridgehead atoms. The van der Waals surface area contributed by atoms with Crippen LogP contribution in [0.4, 0.5) is 52.7 Å². The second-order valence-corrected chi connectivity index (χ2v) is 4.03. The Kier molecular flexibility index (Phi) is 5.54. The SMILES string of the molecule is FC=C(Cl)C(F)C(F)(F)C(F)C(F)(F)C(F)(F)C(F)(F)F. The lowest BCUT2D eigenvalue weighted by Crippen LogP contribution is -2.62. The van der Waals surface area contributed by atoms with Crippen LogP contribution < -0.4 is 0 Å². The fourth-order valence-corrected chi connectivity index (χ4v) is 1.10. The molecule has 0 saturated carbocycles. The van der Waals surface area contributed by atoms with Gasteiger partial charge in [-0.25, -0.2) is 13.2 Å². The maximum absolute atomic E-state index is 12.8. The summed E-state index contributed by atoms with van der Waals surface area (Å²) in [6.07, 6.45) is -18.3. The van der Waals surface area contributed by atoms with Gasteiger partial charge in [-0.05, 0) is 0 Å². The number of rotatable bonds is 5. The first kappa shape index (κ1) is 20.2. The first-order valence-corrected chi connectivity index (χ1v) is 4.87. The van der Waals surface area contributed by atoms with Gasteiger partial charge in [-0.1, -0.05) is 11.6 Å². The van der Waals surface area contributed by atoms with E-state index in [-0.39, 0.29) is 0 Å². The molecule has 0 aliphatic rings. The topological polar surface area (TPSA) is 0 Å². The van der Waals surface area contributed by atoms with Gasteiger partial charge in [-0.2, -0.15) is 39.5 Å². The summed E-state index contributed by atoms with van der Waals surface area (Å²) in [7, 11) is 0. The third kappa shape index (κ3) is 3.34. The molecule has 0 aliphatic heterocycles. The van der Waals surface area contributed by atoms with Crippen LogP contribution in [0.3, 0.4) is 0 Å². The molecule has 0 aromatic carbocycles. The van der Waals surface area contributed by atoms with Gasteiger partial charge >= 0.3 is 23.9 Å². The molecule has 0 N–H and O–H groups in total. The van der Waals surface area contributed by atoms with Crippen molar-refractivity contribution in [3.8, 4) is 0 Å². The van der Waals surface area contributed by atoms with Crippen molar-refractivity contribution >= 4 is 11.6 Å². The molecule has 2 unspecified atom stereocenters. The largest absolute Gasteiger partial charge is 0.459 e. The van der Waals surface area contributed by atoms with E-state index in [0.29, 0.717) is 0 Å². The van der Waals surface area contributed by atoms with Crippen molar-refractivity contribution in [3.05, 3.63) is 11.4 Å². The Balaban J connectivity index is 5.74. The molecule has 0 heterocycles. The van der Waals surface area contributed by atoms with Gasteiger partial charge in [-0.15, -0.1) is 0 Å². The predicted octanol–water partition coefficient (Wildman–Crippen LogP) is 5.18. The quantitative estimate of drug-likeness (QED) is 0.591. The summed E-state index contributed by atoms with van der Waals surface area (Å²) in [5.41, 5.74) is 0. The second kappa shape index (κ2) is 5.76. The smallest absolute Gasteiger partial charge is 0.234 e. The lowest BCUT2D eigenvalue weighted by molar-refractivity contribution is -0.379. The molecule has 2 atom stereocenters. The molecule has 0 aliphatic carbocycles. The minimum Gasteiger partial charge on any atom is -0.234 e. The van der Waals surface area contributed by atoms with Crippen LogP contribution in [0.1, 0.15) is 0 Å². The fraction of sp³-hybridized carbons (Fsp3) is 0.750. The molecule has 0 amide bonds. The first-order valence-electron chi connectivity index (χ1n) is 4.49. The Morgan fingerprint density at radius 1 is 0.857 bits per heavy atom. The van der Waals surface area contributed by atoms with E-state index in [0.717, 1.165) is 0 Å². The van der Waals surface area contributed by atoms with Crippen LogP contribution in [0.25, 0.3) is 0 Å². The van der Waals surface area contributed by atoms with Crippen LogP contribution in [0.5, 0.6) is 0 Å². The summed E-state index contributed by atoms with van der Waals surface area (Å²) in [4.78, 5) is 0. The second-order valence-electron chi connectivity index (χ2n) is 3.59. The van der Waals surface area contributed by atoms with Crippen LogP contribution in [0, 0.1) is 0 Å². The van der Waals surface area contributed by atoms with Crippen molar-refractivity contribution in [1.82, 2.24) is 0 Å². The van der Waals surface area contributed by atoms with Crippen LogP contribution in [-0.2, 0) is 0 Å². The van der Waals surface area contributed by atoms with Crippen LogP contribution in [0.2, 0.25) is 0 Å². The molecule has 13 heteroatoms. The Morgan fingerprint density at radius 3 is 1.52 bits per heavy atom. The van der Waals surface area contributed by atoms with E-state index < -0.39 is 47.6 Å². The number of hydrogen-bond acceptors (Lipinski definition) is 0. The number of halogens is 13. The molecule has 0 spiro atoms. The Bertz CT molecular complexity index is 397. The highest BCUT2D eigenvalue weighted by atomic mass is 35.5. The highest BCUT2D eigenvalue weighted by Gasteiger charge is 2.80. The third-order valence-corrected chi connectivity index (χ3v) is 2.39. The Hall–Kier alpha value is -0.810. The molecular weight excluding hydrogens is 360 g/mol. The van der Waals surface area contributed by atoms with E-state index in [2.05, 4.69) is 11.6 Å². The van der Waals surface area contributed by atoms with Gasteiger partial charge in [0.25, 0.3) is 0 Å². The average Bonchev–Trinajstić information content (AvgIpc) is 2.33. The maximum Gasteiger partial charge on any atom is 0.459 e. The van der Waals surface area contributed by atoms with Crippen molar-refractivity contribution in [2.24, 2.45) is 0 Å². The molecule has 0 fully saturated rings. The normalized spacial score (nSPS) is 18.6. The molecule has 0 aromatic heterocycles. The van der Waals surface area contributed by atoms with Gasteiger partial charge < -0.3 is 0 Å². The minimum absolute atomic E-state index is 1.13. The molecule has 0 radical (unpaired) electrons. The number of hydrogen-bond donors (Lipinski definition) is 0. The van der Waals surface area contributed by atoms with Crippen molar-refractivity contribution < 1.29 is 52.7 Å². The molecule has 0 aromatic rings. The molecule has 0 saturated heterocycles. The van der Waals surface area contributed by atoms with Gasteiger partial charge in [0.2, 0.25) is 12.3 Å². The summed E-state index contributed by atoms with van der Waals surface area (Å²) in [6, 6.07) is 0. The molecular formula is C8H3ClF12. The van der Waals surface area contributed by atoms with E-state index in [1.165, 1.54) is 0 Å². The minimum atomic E-state index is -7.23. The summed E-state index contributed by atoms with van der Waals surface area (Å²) in [5.74, 6) is -20.4. The van der Waals surface area contributed by atoms with Crippen molar-refractivity contribution in [2.75, 3.05) is 0 Å². The van der Waals surface area contributed by atoms with Crippen LogP contribution in [-0.4, -0.2) is 36.3 Å². The van der Waals surface area contributed by atoms with E-state index in [1.54, 1.807) is 0 Å². The highest BCUT2D eigenvalue weighted by Crippen LogP contribution is 2.52.